The van der Waals surface area contributed by atoms with Crippen molar-refractivity contribution in [1.82, 2.24) is 10.2 Å². The summed E-state index contributed by atoms with van der Waals surface area (Å²) in [6, 6.07) is 0.467. The predicted molar refractivity (Wildman–Crippen MR) is 51.4 cm³/mol. The van der Waals surface area contributed by atoms with E-state index >= 15 is 0 Å². The Balaban J connectivity index is 1.93. The SMILES string of the molecule is CC1(C)CN(C2CCCNC2)C1=O. The zero-order chi connectivity index (χ0) is 9.47. The number of carbonyl (C=O) groups is 1. The van der Waals surface area contributed by atoms with E-state index in [4.69, 9.17) is 0 Å². The van der Waals surface area contributed by atoms with Crippen LogP contribution in [0.4, 0.5) is 0 Å². The maximum atomic E-state index is 11.7. The van der Waals surface area contributed by atoms with Gasteiger partial charge in [0.2, 0.25) is 5.91 Å². The van der Waals surface area contributed by atoms with Crippen LogP contribution in [0.5, 0.6) is 0 Å². The third-order valence-electron chi connectivity index (χ3n) is 3.12. The fourth-order valence-corrected chi connectivity index (χ4v) is 2.26. The normalized spacial score (nSPS) is 32.9. The number of hydrogen-bond acceptors (Lipinski definition) is 2. The molecule has 3 nitrogen and oxygen atoms in total. The molecule has 2 aliphatic rings. The van der Waals surface area contributed by atoms with E-state index in [2.05, 4.69) is 5.32 Å². The van der Waals surface area contributed by atoms with Crippen LogP contribution in [-0.4, -0.2) is 36.5 Å². The number of hydrogen-bond donors (Lipinski definition) is 1. The van der Waals surface area contributed by atoms with Gasteiger partial charge in [0.25, 0.3) is 0 Å². The molecule has 0 aliphatic carbocycles. The lowest BCUT2D eigenvalue weighted by Crippen LogP contribution is -2.64. The Morgan fingerprint density at radius 3 is 2.77 bits per heavy atom. The van der Waals surface area contributed by atoms with Crippen LogP contribution in [0, 0.1) is 5.41 Å². The molecule has 0 spiro atoms. The van der Waals surface area contributed by atoms with Gasteiger partial charge in [0, 0.05) is 19.1 Å². The third kappa shape index (κ3) is 1.46. The molecular formula is C10H18N2O. The summed E-state index contributed by atoms with van der Waals surface area (Å²) in [5, 5.41) is 3.34. The minimum atomic E-state index is -0.0859. The summed E-state index contributed by atoms with van der Waals surface area (Å²) in [5.74, 6) is 0.334. The first-order valence-electron chi connectivity index (χ1n) is 5.13. The number of carbonyl (C=O) groups excluding carboxylic acids is 1. The minimum Gasteiger partial charge on any atom is -0.337 e. The van der Waals surface area contributed by atoms with E-state index in [1.807, 2.05) is 18.7 Å². The molecule has 0 bridgehead atoms. The summed E-state index contributed by atoms with van der Waals surface area (Å²) in [7, 11) is 0. The Morgan fingerprint density at radius 2 is 2.31 bits per heavy atom. The molecule has 13 heavy (non-hydrogen) atoms. The fourth-order valence-electron chi connectivity index (χ4n) is 2.26. The summed E-state index contributed by atoms with van der Waals surface area (Å²) in [6.07, 6.45) is 2.38. The fraction of sp³-hybridized carbons (Fsp3) is 0.900. The molecule has 74 valence electrons. The lowest BCUT2D eigenvalue weighted by atomic mass is 9.81. The van der Waals surface area contributed by atoms with E-state index in [0.717, 1.165) is 19.6 Å². The number of likely N-dealkylation sites (tertiary alicyclic amines) is 1. The van der Waals surface area contributed by atoms with Gasteiger partial charge in [0.1, 0.15) is 0 Å². The average Bonchev–Trinajstić information content (AvgIpc) is 2.15. The second-order valence-electron chi connectivity index (χ2n) is 4.82. The van der Waals surface area contributed by atoms with Gasteiger partial charge < -0.3 is 10.2 Å². The Bertz CT molecular complexity index is 219. The lowest BCUT2D eigenvalue weighted by Gasteiger charge is -2.49. The molecule has 1 unspecified atom stereocenters. The van der Waals surface area contributed by atoms with Gasteiger partial charge in [0.05, 0.1) is 5.41 Å². The zero-order valence-corrected chi connectivity index (χ0v) is 8.47. The highest BCUT2D eigenvalue weighted by Crippen LogP contribution is 2.33. The summed E-state index contributed by atoms with van der Waals surface area (Å²) >= 11 is 0. The molecule has 2 aliphatic heterocycles. The van der Waals surface area contributed by atoms with Crippen LogP contribution >= 0.6 is 0 Å². The van der Waals surface area contributed by atoms with E-state index in [-0.39, 0.29) is 5.41 Å². The lowest BCUT2D eigenvalue weighted by molar-refractivity contribution is -0.161. The molecular weight excluding hydrogens is 164 g/mol. The van der Waals surface area contributed by atoms with E-state index < -0.39 is 0 Å². The van der Waals surface area contributed by atoms with Crippen LogP contribution in [0.3, 0.4) is 0 Å². The van der Waals surface area contributed by atoms with Crippen LogP contribution in [0.1, 0.15) is 26.7 Å². The quantitative estimate of drug-likeness (QED) is 0.602. The van der Waals surface area contributed by atoms with Gasteiger partial charge in [-0.3, -0.25) is 4.79 Å². The molecule has 1 amide bonds. The van der Waals surface area contributed by atoms with Crippen molar-refractivity contribution in [1.29, 1.82) is 0 Å². The number of piperidine rings is 1. The first kappa shape index (κ1) is 9.00. The van der Waals surface area contributed by atoms with Gasteiger partial charge in [-0.05, 0) is 33.2 Å². The largest absolute Gasteiger partial charge is 0.337 e. The molecule has 0 aromatic rings. The predicted octanol–water partition coefficient (Wildman–Crippen LogP) is 0.607. The van der Waals surface area contributed by atoms with Crippen molar-refractivity contribution in [3.63, 3.8) is 0 Å². The van der Waals surface area contributed by atoms with Crippen molar-refractivity contribution in [2.45, 2.75) is 32.7 Å². The van der Waals surface area contributed by atoms with Crippen molar-refractivity contribution in [3.8, 4) is 0 Å². The average molecular weight is 182 g/mol. The van der Waals surface area contributed by atoms with Crippen molar-refractivity contribution in [2.75, 3.05) is 19.6 Å². The van der Waals surface area contributed by atoms with Gasteiger partial charge in [-0.15, -0.1) is 0 Å². The second kappa shape index (κ2) is 2.98. The van der Waals surface area contributed by atoms with Gasteiger partial charge >= 0.3 is 0 Å². The number of amides is 1. The van der Waals surface area contributed by atoms with Crippen LogP contribution in [0.15, 0.2) is 0 Å². The minimum absolute atomic E-state index is 0.0859. The first-order chi connectivity index (χ1) is 6.11. The Kier molecular flexibility index (Phi) is 2.06. The zero-order valence-electron chi connectivity index (χ0n) is 8.47. The van der Waals surface area contributed by atoms with Crippen LogP contribution in [0.2, 0.25) is 0 Å². The third-order valence-corrected chi connectivity index (χ3v) is 3.12. The molecule has 3 heteroatoms. The van der Waals surface area contributed by atoms with E-state index in [1.165, 1.54) is 12.8 Å². The summed E-state index contributed by atoms with van der Waals surface area (Å²) in [5.41, 5.74) is -0.0859. The molecule has 2 fully saturated rings. The van der Waals surface area contributed by atoms with Crippen molar-refractivity contribution in [2.24, 2.45) is 5.41 Å². The van der Waals surface area contributed by atoms with Gasteiger partial charge in [-0.25, -0.2) is 0 Å². The molecule has 1 atom stereocenters. The maximum Gasteiger partial charge on any atom is 0.230 e. The molecule has 0 aromatic carbocycles. The molecule has 2 saturated heterocycles. The molecule has 2 rings (SSSR count). The maximum absolute atomic E-state index is 11.7. The van der Waals surface area contributed by atoms with Crippen molar-refractivity contribution in [3.05, 3.63) is 0 Å². The molecule has 2 heterocycles. The Hall–Kier alpha value is -0.570. The molecule has 0 radical (unpaired) electrons. The highest BCUT2D eigenvalue weighted by Gasteiger charge is 2.46. The van der Waals surface area contributed by atoms with E-state index in [9.17, 15) is 4.79 Å². The van der Waals surface area contributed by atoms with Crippen LogP contribution in [-0.2, 0) is 4.79 Å². The Morgan fingerprint density at radius 1 is 1.54 bits per heavy atom. The van der Waals surface area contributed by atoms with Crippen molar-refractivity contribution < 1.29 is 4.79 Å². The number of nitrogens with zero attached hydrogens (tertiary/aromatic N) is 1. The highest BCUT2D eigenvalue weighted by atomic mass is 16.2. The van der Waals surface area contributed by atoms with Crippen LogP contribution < -0.4 is 5.32 Å². The summed E-state index contributed by atoms with van der Waals surface area (Å²) in [6.45, 7) is 7.10. The Labute approximate surface area is 79.5 Å². The number of β-lactam (4-membered cyclic amide) rings is 1. The van der Waals surface area contributed by atoms with Crippen LogP contribution in [0.25, 0.3) is 0 Å². The van der Waals surface area contributed by atoms with Gasteiger partial charge in [0.15, 0.2) is 0 Å². The molecule has 0 aromatic heterocycles. The summed E-state index contributed by atoms with van der Waals surface area (Å²) in [4.78, 5) is 13.7. The highest BCUT2D eigenvalue weighted by molar-refractivity contribution is 5.88. The second-order valence-corrected chi connectivity index (χ2v) is 4.82. The molecule has 0 saturated carbocycles. The molecule has 1 N–H and O–H groups in total. The first-order valence-corrected chi connectivity index (χ1v) is 5.13. The standard InChI is InChI=1S/C10H18N2O/c1-10(2)7-12(9(10)13)8-4-3-5-11-6-8/h8,11H,3-7H2,1-2H3. The van der Waals surface area contributed by atoms with E-state index in [1.54, 1.807) is 0 Å². The number of rotatable bonds is 1. The summed E-state index contributed by atoms with van der Waals surface area (Å²) < 4.78 is 0. The van der Waals surface area contributed by atoms with Gasteiger partial charge in [-0.1, -0.05) is 0 Å². The topological polar surface area (TPSA) is 32.3 Å². The smallest absolute Gasteiger partial charge is 0.230 e. The van der Waals surface area contributed by atoms with E-state index in [0.29, 0.717) is 11.9 Å². The van der Waals surface area contributed by atoms with Crippen molar-refractivity contribution >= 4 is 5.91 Å². The monoisotopic (exact) mass is 182 g/mol. The number of nitrogens with one attached hydrogen (secondary N) is 1. The van der Waals surface area contributed by atoms with Gasteiger partial charge in [-0.2, -0.15) is 0 Å².